The molecule has 0 atom stereocenters. The Morgan fingerprint density at radius 2 is 2.05 bits per heavy atom. The van der Waals surface area contributed by atoms with Crippen molar-refractivity contribution < 1.29 is 9.53 Å². The van der Waals surface area contributed by atoms with Gasteiger partial charge in [0.1, 0.15) is 5.75 Å². The molecule has 2 rings (SSSR count). The van der Waals surface area contributed by atoms with Crippen LogP contribution in [0.15, 0.2) is 48.8 Å². The Kier molecular flexibility index (Phi) is 5.12. The smallest absolute Gasteiger partial charge is 0.224 e. The molecule has 0 unspecified atom stereocenters. The molecule has 0 fully saturated rings. The van der Waals surface area contributed by atoms with Crippen molar-refractivity contribution in [1.82, 2.24) is 4.98 Å². The van der Waals surface area contributed by atoms with Crippen LogP contribution in [0.3, 0.4) is 0 Å². The van der Waals surface area contributed by atoms with Crippen LogP contribution < -0.4 is 10.1 Å². The molecule has 0 aliphatic carbocycles. The van der Waals surface area contributed by atoms with Crippen LogP contribution >= 0.6 is 0 Å². The predicted molar refractivity (Wildman–Crippen MR) is 78.8 cm³/mol. The van der Waals surface area contributed by atoms with E-state index in [4.69, 9.17) is 4.74 Å². The van der Waals surface area contributed by atoms with E-state index in [9.17, 15) is 4.79 Å². The van der Waals surface area contributed by atoms with Crippen molar-refractivity contribution >= 4 is 11.6 Å². The van der Waals surface area contributed by atoms with Gasteiger partial charge in [-0.3, -0.25) is 9.78 Å². The number of anilines is 1. The average Bonchev–Trinajstić information content (AvgIpc) is 2.47. The lowest BCUT2D eigenvalue weighted by Crippen LogP contribution is -2.12. The van der Waals surface area contributed by atoms with Gasteiger partial charge in [-0.1, -0.05) is 17.7 Å². The van der Waals surface area contributed by atoms with Gasteiger partial charge in [0, 0.05) is 18.3 Å². The first kappa shape index (κ1) is 14.1. The lowest BCUT2D eigenvalue weighted by Gasteiger charge is -2.07. The number of carbonyl (C=O) groups is 1. The third-order valence-electron chi connectivity index (χ3n) is 2.79. The van der Waals surface area contributed by atoms with Crippen LogP contribution in [0.1, 0.15) is 18.4 Å². The number of rotatable bonds is 6. The van der Waals surface area contributed by atoms with Crippen LogP contribution in [0, 0.1) is 6.92 Å². The zero-order valence-electron chi connectivity index (χ0n) is 11.5. The fourth-order valence-electron chi connectivity index (χ4n) is 1.72. The Morgan fingerprint density at radius 3 is 2.75 bits per heavy atom. The summed E-state index contributed by atoms with van der Waals surface area (Å²) in [4.78, 5) is 15.7. The molecular formula is C16H18N2O2. The normalized spacial score (nSPS) is 10.1. The Bertz CT molecular complexity index is 538. The van der Waals surface area contributed by atoms with Crippen LogP contribution in [-0.2, 0) is 4.79 Å². The van der Waals surface area contributed by atoms with E-state index in [1.807, 2.05) is 43.3 Å². The van der Waals surface area contributed by atoms with E-state index >= 15 is 0 Å². The molecule has 1 aromatic carbocycles. The zero-order chi connectivity index (χ0) is 14.2. The van der Waals surface area contributed by atoms with E-state index in [2.05, 4.69) is 10.3 Å². The summed E-state index contributed by atoms with van der Waals surface area (Å²) in [6.45, 7) is 2.52. The standard InChI is InChI=1S/C16H18N2O2/c1-13-6-8-14(9-7-13)18-16(19)5-3-11-20-15-4-2-10-17-12-15/h2,4,6-10,12H,3,5,11H2,1H3,(H,18,19). The highest BCUT2D eigenvalue weighted by atomic mass is 16.5. The highest BCUT2D eigenvalue weighted by Gasteiger charge is 2.02. The molecule has 0 radical (unpaired) electrons. The summed E-state index contributed by atoms with van der Waals surface area (Å²) in [6, 6.07) is 11.4. The number of nitrogens with one attached hydrogen (secondary N) is 1. The maximum absolute atomic E-state index is 11.7. The van der Waals surface area contributed by atoms with Crippen LogP contribution in [0.5, 0.6) is 5.75 Å². The number of aromatic nitrogens is 1. The summed E-state index contributed by atoms with van der Waals surface area (Å²) >= 11 is 0. The highest BCUT2D eigenvalue weighted by molar-refractivity contribution is 5.90. The fourth-order valence-corrected chi connectivity index (χ4v) is 1.72. The van der Waals surface area contributed by atoms with E-state index in [0.717, 1.165) is 11.4 Å². The summed E-state index contributed by atoms with van der Waals surface area (Å²) in [5, 5.41) is 2.86. The lowest BCUT2D eigenvalue weighted by atomic mass is 10.2. The van der Waals surface area contributed by atoms with Crippen molar-refractivity contribution in [2.24, 2.45) is 0 Å². The Balaban J connectivity index is 1.66. The molecule has 0 bridgehead atoms. The van der Waals surface area contributed by atoms with E-state index in [1.54, 1.807) is 12.4 Å². The summed E-state index contributed by atoms with van der Waals surface area (Å²) in [6.07, 6.45) is 4.47. The molecule has 1 heterocycles. The minimum Gasteiger partial charge on any atom is -0.492 e. The first-order chi connectivity index (χ1) is 9.74. The minimum absolute atomic E-state index is 0.00337. The summed E-state index contributed by atoms with van der Waals surface area (Å²) < 4.78 is 5.48. The van der Waals surface area contributed by atoms with Gasteiger partial charge in [-0.05, 0) is 37.6 Å². The second kappa shape index (κ2) is 7.28. The van der Waals surface area contributed by atoms with Crippen LogP contribution in [0.2, 0.25) is 0 Å². The van der Waals surface area contributed by atoms with Gasteiger partial charge in [0.05, 0.1) is 12.8 Å². The van der Waals surface area contributed by atoms with Gasteiger partial charge in [-0.25, -0.2) is 0 Å². The van der Waals surface area contributed by atoms with Crippen LogP contribution in [0.4, 0.5) is 5.69 Å². The number of amides is 1. The van der Waals surface area contributed by atoms with Gasteiger partial charge in [0.15, 0.2) is 0 Å². The largest absolute Gasteiger partial charge is 0.492 e. The Labute approximate surface area is 118 Å². The van der Waals surface area contributed by atoms with Gasteiger partial charge >= 0.3 is 0 Å². The van der Waals surface area contributed by atoms with Crippen molar-refractivity contribution in [3.05, 3.63) is 54.4 Å². The van der Waals surface area contributed by atoms with Crippen LogP contribution in [0.25, 0.3) is 0 Å². The van der Waals surface area contributed by atoms with Crippen LogP contribution in [-0.4, -0.2) is 17.5 Å². The molecule has 0 saturated heterocycles. The maximum Gasteiger partial charge on any atom is 0.224 e. The number of pyridine rings is 1. The predicted octanol–water partition coefficient (Wildman–Crippen LogP) is 3.19. The topological polar surface area (TPSA) is 51.2 Å². The number of nitrogens with zero attached hydrogens (tertiary/aromatic N) is 1. The van der Waals surface area contributed by atoms with Crippen molar-refractivity contribution in [2.75, 3.05) is 11.9 Å². The molecule has 20 heavy (non-hydrogen) atoms. The van der Waals surface area contributed by atoms with Crippen molar-refractivity contribution in [1.29, 1.82) is 0 Å². The Morgan fingerprint density at radius 1 is 1.25 bits per heavy atom. The highest BCUT2D eigenvalue weighted by Crippen LogP contribution is 2.10. The SMILES string of the molecule is Cc1ccc(NC(=O)CCCOc2cccnc2)cc1. The lowest BCUT2D eigenvalue weighted by molar-refractivity contribution is -0.116. The third-order valence-corrected chi connectivity index (χ3v) is 2.79. The molecule has 0 aliphatic heterocycles. The number of carbonyl (C=O) groups excluding carboxylic acids is 1. The van der Waals surface area contributed by atoms with Gasteiger partial charge in [-0.2, -0.15) is 0 Å². The van der Waals surface area contributed by atoms with Crippen molar-refractivity contribution in [3.8, 4) is 5.75 Å². The first-order valence-corrected chi connectivity index (χ1v) is 6.63. The van der Waals surface area contributed by atoms with E-state index < -0.39 is 0 Å². The quantitative estimate of drug-likeness (QED) is 0.820. The molecule has 0 aliphatic rings. The van der Waals surface area contributed by atoms with E-state index in [-0.39, 0.29) is 5.91 Å². The monoisotopic (exact) mass is 270 g/mol. The molecule has 2 aromatic rings. The number of hydrogen-bond donors (Lipinski definition) is 1. The Hall–Kier alpha value is -2.36. The molecule has 1 amide bonds. The van der Waals surface area contributed by atoms with Gasteiger partial charge in [0.25, 0.3) is 0 Å². The number of ether oxygens (including phenoxy) is 1. The summed E-state index contributed by atoms with van der Waals surface area (Å²) in [5.74, 6) is 0.732. The first-order valence-electron chi connectivity index (χ1n) is 6.63. The van der Waals surface area contributed by atoms with Gasteiger partial charge in [-0.15, -0.1) is 0 Å². The molecule has 1 aromatic heterocycles. The number of hydrogen-bond acceptors (Lipinski definition) is 3. The van der Waals surface area contributed by atoms with Crippen molar-refractivity contribution in [2.45, 2.75) is 19.8 Å². The fraction of sp³-hybridized carbons (Fsp3) is 0.250. The molecular weight excluding hydrogens is 252 g/mol. The van der Waals surface area contributed by atoms with Gasteiger partial charge in [0.2, 0.25) is 5.91 Å². The molecule has 4 nitrogen and oxygen atoms in total. The number of aryl methyl sites for hydroxylation is 1. The average molecular weight is 270 g/mol. The molecule has 0 saturated carbocycles. The van der Waals surface area contributed by atoms with Gasteiger partial charge < -0.3 is 10.1 Å². The molecule has 0 spiro atoms. The second-order valence-corrected chi connectivity index (χ2v) is 4.55. The maximum atomic E-state index is 11.7. The number of benzene rings is 1. The molecule has 1 N–H and O–H groups in total. The molecule has 4 heteroatoms. The third kappa shape index (κ3) is 4.72. The zero-order valence-corrected chi connectivity index (χ0v) is 11.5. The second-order valence-electron chi connectivity index (χ2n) is 4.55. The van der Waals surface area contributed by atoms with Crippen molar-refractivity contribution in [3.63, 3.8) is 0 Å². The molecule has 104 valence electrons. The minimum atomic E-state index is 0.00337. The summed E-state index contributed by atoms with van der Waals surface area (Å²) in [5.41, 5.74) is 2.00. The van der Waals surface area contributed by atoms with E-state index in [0.29, 0.717) is 19.4 Å². The van der Waals surface area contributed by atoms with E-state index in [1.165, 1.54) is 5.56 Å². The summed E-state index contributed by atoms with van der Waals surface area (Å²) in [7, 11) is 0.